The molecular weight excluding hydrogens is 162 g/mol. The van der Waals surface area contributed by atoms with Gasteiger partial charge in [0.2, 0.25) is 0 Å². The summed E-state index contributed by atoms with van der Waals surface area (Å²) >= 11 is 0. The first-order valence-electron chi connectivity index (χ1n) is 4.78. The fraction of sp³-hybridized carbons (Fsp3) is 0.700. The van der Waals surface area contributed by atoms with Crippen LogP contribution in [0.4, 0.5) is 0 Å². The predicted octanol–water partition coefficient (Wildman–Crippen LogP) is 2.26. The third-order valence-corrected chi connectivity index (χ3v) is 2.79. The molecule has 0 unspecified atom stereocenters. The van der Waals surface area contributed by atoms with E-state index in [1.807, 2.05) is 6.92 Å². The Kier molecular flexibility index (Phi) is 2.96. The fourth-order valence-electron chi connectivity index (χ4n) is 1.24. The van der Waals surface area contributed by atoms with Crippen LogP contribution in [0, 0.1) is 6.92 Å². The summed E-state index contributed by atoms with van der Waals surface area (Å²) in [5.41, 5.74) is 0.105. The molecule has 1 aromatic heterocycles. The minimum atomic E-state index is 0.105. The summed E-state index contributed by atoms with van der Waals surface area (Å²) in [4.78, 5) is 12.6. The first-order chi connectivity index (χ1) is 6.12. The lowest BCUT2D eigenvalue weighted by atomic mass is 9.84. The largest absolute Gasteiger partial charge is 0.222 e. The molecule has 0 fully saturated rings. The van der Waals surface area contributed by atoms with Crippen molar-refractivity contribution in [2.45, 2.75) is 46.0 Å². The van der Waals surface area contributed by atoms with Gasteiger partial charge in [-0.2, -0.15) is 0 Å². The van der Waals surface area contributed by atoms with Gasteiger partial charge in [-0.3, -0.25) is 0 Å². The van der Waals surface area contributed by atoms with Crippen LogP contribution in [0.15, 0.2) is 6.33 Å². The van der Waals surface area contributed by atoms with Crippen LogP contribution in [0.2, 0.25) is 0 Å². The van der Waals surface area contributed by atoms with Crippen molar-refractivity contribution in [1.82, 2.24) is 15.0 Å². The molecule has 0 atom stereocenters. The van der Waals surface area contributed by atoms with E-state index in [4.69, 9.17) is 0 Å². The van der Waals surface area contributed by atoms with Crippen LogP contribution < -0.4 is 0 Å². The summed E-state index contributed by atoms with van der Waals surface area (Å²) in [6.45, 7) is 8.43. The summed E-state index contributed by atoms with van der Waals surface area (Å²) in [6.07, 6.45) is 3.72. The van der Waals surface area contributed by atoms with Gasteiger partial charge in [-0.25, -0.2) is 15.0 Å². The van der Waals surface area contributed by atoms with E-state index in [2.05, 4.69) is 35.7 Å². The van der Waals surface area contributed by atoms with Crippen molar-refractivity contribution in [3.05, 3.63) is 18.0 Å². The molecule has 1 heterocycles. The lowest BCUT2D eigenvalue weighted by molar-refractivity contribution is 0.408. The second kappa shape index (κ2) is 3.81. The van der Waals surface area contributed by atoms with E-state index in [1.54, 1.807) is 6.33 Å². The molecule has 0 aliphatic heterocycles. The van der Waals surface area contributed by atoms with E-state index in [0.717, 1.165) is 24.5 Å². The van der Waals surface area contributed by atoms with E-state index < -0.39 is 0 Å². The van der Waals surface area contributed by atoms with E-state index in [-0.39, 0.29) is 5.41 Å². The van der Waals surface area contributed by atoms with Crippen LogP contribution in [0.1, 0.15) is 45.3 Å². The highest BCUT2D eigenvalue weighted by Gasteiger charge is 2.25. The van der Waals surface area contributed by atoms with Gasteiger partial charge in [0, 0.05) is 5.41 Å². The Balaban J connectivity index is 3.05. The quantitative estimate of drug-likeness (QED) is 0.714. The van der Waals surface area contributed by atoms with Crippen molar-refractivity contribution >= 4 is 0 Å². The Labute approximate surface area is 79.6 Å². The average molecular weight is 179 g/mol. The highest BCUT2D eigenvalue weighted by molar-refractivity contribution is 5.04. The molecule has 0 spiro atoms. The van der Waals surface area contributed by atoms with Crippen molar-refractivity contribution in [3.63, 3.8) is 0 Å². The normalized spacial score (nSPS) is 11.7. The average Bonchev–Trinajstić information content (AvgIpc) is 2.17. The van der Waals surface area contributed by atoms with Crippen molar-refractivity contribution in [2.75, 3.05) is 0 Å². The van der Waals surface area contributed by atoms with Crippen LogP contribution in [0.25, 0.3) is 0 Å². The van der Waals surface area contributed by atoms with Crippen molar-refractivity contribution in [1.29, 1.82) is 0 Å². The molecule has 13 heavy (non-hydrogen) atoms. The van der Waals surface area contributed by atoms with Gasteiger partial charge in [-0.05, 0) is 19.8 Å². The minimum Gasteiger partial charge on any atom is -0.222 e. The van der Waals surface area contributed by atoms with Crippen molar-refractivity contribution in [2.24, 2.45) is 0 Å². The number of hydrogen-bond acceptors (Lipinski definition) is 3. The van der Waals surface area contributed by atoms with Crippen LogP contribution in [-0.4, -0.2) is 15.0 Å². The molecule has 72 valence electrons. The Morgan fingerprint density at radius 3 is 2.31 bits per heavy atom. The number of hydrogen-bond donors (Lipinski definition) is 0. The summed E-state index contributed by atoms with van der Waals surface area (Å²) < 4.78 is 0. The van der Waals surface area contributed by atoms with Gasteiger partial charge in [0.05, 0.1) is 0 Å². The SMILES string of the molecule is CCC(C)(CC)c1ncnc(C)n1. The van der Waals surface area contributed by atoms with Crippen molar-refractivity contribution in [3.8, 4) is 0 Å². The molecule has 3 nitrogen and oxygen atoms in total. The zero-order chi connectivity index (χ0) is 9.90. The highest BCUT2D eigenvalue weighted by atomic mass is 15.0. The fourth-order valence-corrected chi connectivity index (χ4v) is 1.24. The van der Waals surface area contributed by atoms with Gasteiger partial charge in [0.1, 0.15) is 18.0 Å². The van der Waals surface area contributed by atoms with Crippen LogP contribution >= 0.6 is 0 Å². The van der Waals surface area contributed by atoms with Gasteiger partial charge in [0.15, 0.2) is 0 Å². The van der Waals surface area contributed by atoms with Gasteiger partial charge in [0.25, 0.3) is 0 Å². The third-order valence-electron chi connectivity index (χ3n) is 2.79. The standard InChI is InChI=1S/C10H17N3/c1-5-10(4,6-2)9-12-7-11-8(3)13-9/h7H,5-6H2,1-4H3. The van der Waals surface area contributed by atoms with Crippen molar-refractivity contribution < 1.29 is 0 Å². The van der Waals surface area contributed by atoms with Crippen LogP contribution in [0.3, 0.4) is 0 Å². The Bertz CT molecular complexity index is 279. The summed E-state index contributed by atoms with van der Waals surface area (Å²) in [5, 5.41) is 0. The van der Waals surface area contributed by atoms with E-state index in [9.17, 15) is 0 Å². The predicted molar refractivity (Wildman–Crippen MR) is 52.5 cm³/mol. The lowest BCUT2D eigenvalue weighted by Gasteiger charge is -2.24. The molecule has 1 rings (SSSR count). The monoisotopic (exact) mass is 179 g/mol. The number of aryl methyl sites for hydroxylation is 1. The molecule has 0 aromatic carbocycles. The molecule has 0 saturated carbocycles. The lowest BCUT2D eigenvalue weighted by Crippen LogP contribution is -2.23. The minimum absolute atomic E-state index is 0.105. The second-order valence-electron chi connectivity index (χ2n) is 3.62. The molecule has 0 saturated heterocycles. The summed E-state index contributed by atoms with van der Waals surface area (Å²) in [5.74, 6) is 1.73. The molecule has 0 aliphatic carbocycles. The maximum Gasteiger partial charge on any atom is 0.138 e. The Hall–Kier alpha value is -0.990. The smallest absolute Gasteiger partial charge is 0.138 e. The topological polar surface area (TPSA) is 38.7 Å². The van der Waals surface area contributed by atoms with E-state index >= 15 is 0 Å². The molecule has 0 bridgehead atoms. The molecule has 1 aromatic rings. The van der Waals surface area contributed by atoms with E-state index in [0.29, 0.717) is 0 Å². The van der Waals surface area contributed by atoms with E-state index in [1.165, 1.54) is 0 Å². The maximum atomic E-state index is 4.36. The first kappa shape index (κ1) is 10.1. The number of aromatic nitrogens is 3. The second-order valence-corrected chi connectivity index (χ2v) is 3.62. The Morgan fingerprint density at radius 2 is 1.85 bits per heavy atom. The molecule has 0 aliphatic rings. The van der Waals surface area contributed by atoms with Crippen LogP contribution in [-0.2, 0) is 5.41 Å². The maximum absolute atomic E-state index is 4.36. The molecule has 0 radical (unpaired) electrons. The van der Waals surface area contributed by atoms with Gasteiger partial charge in [-0.15, -0.1) is 0 Å². The molecule has 3 heteroatoms. The zero-order valence-corrected chi connectivity index (χ0v) is 8.83. The highest BCUT2D eigenvalue weighted by Crippen LogP contribution is 2.27. The van der Waals surface area contributed by atoms with Gasteiger partial charge >= 0.3 is 0 Å². The van der Waals surface area contributed by atoms with Gasteiger partial charge < -0.3 is 0 Å². The third kappa shape index (κ3) is 2.02. The van der Waals surface area contributed by atoms with Crippen LogP contribution in [0.5, 0.6) is 0 Å². The zero-order valence-electron chi connectivity index (χ0n) is 8.83. The molecule has 0 N–H and O–H groups in total. The first-order valence-corrected chi connectivity index (χ1v) is 4.78. The number of nitrogens with zero attached hydrogens (tertiary/aromatic N) is 3. The van der Waals surface area contributed by atoms with Gasteiger partial charge in [-0.1, -0.05) is 20.8 Å². The summed E-state index contributed by atoms with van der Waals surface area (Å²) in [6, 6.07) is 0. The molecule has 0 amide bonds. The summed E-state index contributed by atoms with van der Waals surface area (Å²) in [7, 11) is 0. The Morgan fingerprint density at radius 1 is 1.23 bits per heavy atom. The molecular formula is C10H17N3. The number of rotatable bonds is 3.